The van der Waals surface area contributed by atoms with Crippen molar-refractivity contribution in [3.63, 3.8) is 0 Å². The molecule has 1 aromatic carbocycles. The summed E-state index contributed by atoms with van der Waals surface area (Å²) < 4.78 is 49.8. The lowest BCUT2D eigenvalue weighted by Crippen LogP contribution is -2.39. The number of carbonyl (C=O) groups is 1. The minimum absolute atomic E-state index is 0.0481. The smallest absolute Gasteiger partial charge is 0.335 e. The number of rotatable bonds is 2. The van der Waals surface area contributed by atoms with Crippen LogP contribution in [-0.4, -0.2) is 30.1 Å². The van der Waals surface area contributed by atoms with Gasteiger partial charge in [-0.05, 0) is 36.5 Å². The lowest BCUT2D eigenvalue weighted by Gasteiger charge is -2.18. The van der Waals surface area contributed by atoms with Crippen molar-refractivity contribution in [2.45, 2.75) is 19.0 Å². The second kappa shape index (κ2) is 5.19. The van der Waals surface area contributed by atoms with Crippen molar-refractivity contribution in [1.29, 1.82) is 0 Å². The highest BCUT2D eigenvalue weighted by atomic mass is 19.4. The van der Waals surface area contributed by atoms with Crippen molar-refractivity contribution in [2.24, 2.45) is 5.92 Å². The number of hydrogen-bond acceptors (Lipinski definition) is 1. The normalized spacial score (nSPS) is 19.8. The van der Waals surface area contributed by atoms with Crippen molar-refractivity contribution < 1.29 is 22.4 Å². The maximum absolute atomic E-state index is 13.0. The molecule has 0 spiro atoms. The van der Waals surface area contributed by atoms with Gasteiger partial charge in [0.1, 0.15) is 5.82 Å². The minimum Gasteiger partial charge on any atom is -0.335 e. The van der Waals surface area contributed by atoms with Gasteiger partial charge in [0.2, 0.25) is 0 Å². The summed E-state index contributed by atoms with van der Waals surface area (Å²) in [5, 5.41) is 0. The Hall–Kier alpha value is -1.59. The molecule has 1 amide bonds. The molecule has 2 rings (SSSR count). The number of alkyl halides is 3. The van der Waals surface area contributed by atoms with Crippen LogP contribution in [0.5, 0.6) is 0 Å². The topological polar surface area (TPSA) is 20.3 Å². The third-order valence-electron chi connectivity index (χ3n) is 3.23. The SMILES string of the molecule is O=C(N1CC[C@H](Cc2cccc(F)c2)C1)C(F)(F)F. The molecule has 2 nitrogen and oxygen atoms in total. The van der Waals surface area contributed by atoms with E-state index in [0.29, 0.717) is 12.8 Å². The number of nitrogens with zero attached hydrogens (tertiary/aromatic N) is 1. The van der Waals surface area contributed by atoms with E-state index in [4.69, 9.17) is 0 Å². The molecule has 0 unspecified atom stereocenters. The van der Waals surface area contributed by atoms with E-state index in [-0.39, 0.29) is 24.8 Å². The minimum atomic E-state index is -4.81. The number of benzene rings is 1. The highest BCUT2D eigenvalue weighted by molar-refractivity contribution is 5.82. The summed E-state index contributed by atoms with van der Waals surface area (Å²) >= 11 is 0. The summed E-state index contributed by atoms with van der Waals surface area (Å²) in [6.45, 7) is 0.188. The molecule has 0 radical (unpaired) electrons. The van der Waals surface area contributed by atoms with Crippen LogP contribution in [0.3, 0.4) is 0 Å². The molecule has 104 valence electrons. The molecular weight excluding hydrogens is 262 g/mol. The molecule has 0 N–H and O–H groups in total. The van der Waals surface area contributed by atoms with Crippen LogP contribution in [0.15, 0.2) is 24.3 Å². The van der Waals surface area contributed by atoms with E-state index in [2.05, 4.69) is 0 Å². The molecule has 0 aromatic heterocycles. The molecule has 1 fully saturated rings. The maximum atomic E-state index is 13.0. The lowest BCUT2D eigenvalue weighted by atomic mass is 9.99. The second-order valence-corrected chi connectivity index (χ2v) is 4.74. The van der Waals surface area contributed by atoms with E-state index in [9.17, 15) is 22.4 Å². The molecule has 0 aliphatic carbocycles. The molecule has 6 heteroatoms. The van der Waals surface area contributed by atoms with E-state index in [1.54, 1.807) is 12.1 Å². The van der Waals surface area contributed by atoms with Gasteiger partial charge in [0.15, 0.2) is 0 Å². The summed E-state index contributed by atoms with van der Waals surface area (Å²) in [5.74, 6) is -2.19. The fourth-order valence-electron chi connectivity index (χ4n) is 2.36. The summed E-state index contributed by atoms with van der Waals surface area (Å²) in [5.41, 5.74) is 0.742. The van der Waals surface area contributed by atoms with E-state index < -0.39 is 12.1 Å². The Bertz CT molecular complexity index is 472. The van der Waals surface area contributed by atoms with E-state index in [1.807, 2.05) is 0 Å². The largest absolute Gasteiger partial charge is 0.471 e. The Morgan fingerprint density at radius 3 is 2.74 bits per heavy atom. The highest BCUT2D eigenvalue weighted by Gasteiger charge is 2.44. The first kappa shape index (κ1) is 13.8. The zero-order valence-corrected chi connectivity index (χ0v) is 10.1. The zero-order valence-electron chi connectivity index (χ0n) is 10.1. The molecule has 0 saturated carbocycles. The van der Waals surface area contributed by atoms with Crippen LogP contribution in [0.25, 0.3) is 0 Å². The quantitative estimate of drug-likeness (QED) is 0.760. The van der Waals surface area contributed by atoms with Crippen LogP contribution in [0, 0.1) is 11.7 Å². The van der Waals surface area contributed by atoms with Crippen LogP contribution in [0.2, 0.25) is 0 Å². The first-order chi connectivity index (χ1) is 8.86. The number of hydrogen-bond donors (Lipinski definition) is 0. The van der Waals surface area contributed by atoms with Crippen LogP contribution < -0.4 is 0 Å². The molecule has 1 aliphatic heterocycles. The van der Waals surface area contributed by atoms with Gasteiger partial charge in [0.05, 0.1) is 0 Å². The van der Waals surface area contributed by atoms with Gasteiger partial charge in [-0.1, -0.05) is 12.1 Å². The maximum Gasteiger partial charge on any atom is 0.471 e. The Kier molecular flexibility index (Phi) is 3.78. The molecule has 1 saturated heterocycles. The molecule has 1 atom stereocenters. The average molecular weight is 275 g/mol. The first-order valence-electron chi connectivity index (χ1n) is 5.97. The van der Waals surface area contributed by atoms with Crippen molar-refractivity contribution in [2.75, 3.05) is 13.1 Å². The lowest BCUT2D eigenvalue weighted by molar-refractivity contribution is -0.184. The fourth-order valence-corrected chi connectivity index (χ4v) is 2.36. The Morgan fingerprint density at radius 1 is 1.37 bits per heavy atom. The Morgan fingerprint density at radius 2 is 2.11 bits per heavy atom. The van der Waals surface area contributed by atoms with Gasteiger partial charge in [0.25, 0.3) is 0 Å². The van der Waals surface area contributed by atoms with Crippen LogP contribution in [0.1, 0.15) is 12.0 Å². The average Bonchev–Trinajstić information content (AvgIpc) is 2.75. The predicted molar refractivity (Wildman–Crippen MR) is 60.8 cm³/mol. The fraction of sp³-hybridized carbons (Fsp3) is 0.462. The standard InChI is InChI=1S/C13H13F4NO/c14-11-3-1-2-9(7-11)6-10-4-5-18(8-10)12(19)13(15,16)17/h1-3,7,10H,4-6,8H2/t10-/m1/s1. The number of likely N-dealkylation sites (tertiary alicyclic amines) is 1. The summed E-state index contributed by atoms with van der Waals surface area (Å²) in [6.07, 6.45) is -3.81. The number of carbonyl (C=O) groups excluding carboxylic acids is 1. The van der Waals surface area contributed by atoms with Gasteiger partial charge in [-0.25, -0.2) is 4.39 Å². The Labute approximate surface area is 108 Å². The molecule has 1 aliphatic rings. The molecule has 19 heavy (non-hydrogen) atoms. The van der Waals surface area contributed by atoms with Gasteiger partial charge in [0, 0.05) is 13.1 Å². The van der Waals surface area contributed by atoms with Crippen molar-refractivity contribution in [3.05, 3.63) is 35.6 Å². The summed E-state index contributed by atoms with van der Waals surface area (Å²) in [6, 6.07) is 5.99. The van der Waals surface area contributed by atoms with Crippen LogP contribution >= 0.6 is 0 Å². The zero-order chi connectivity index (χ0) is 14.0. The summed E-state index contributed by atoms with van der Waals surface area (Å²) in [7, 11) is 0. The second-order valence-electron chi connectivity index (χ2n) is 4.74. The Balaban J connectivity index is 1.94. The van der Waals surface area contributed by atoms with Gasteiger partial charge in [-0.15, -0.1) is 0 Å². The van der Waals surface area contributed by atoms with Crippen molar-refractivity contribution in [1.82, 2.24) is 4.90 Å². The van der Waals surface area contributed by atoms with Gasteiger partial charge < -0.3 is 4.90 Å². The molecule has 0 bridgehead atoms. The molecular formula is C13H13F4NO. The molecule has 1 heterocycles. The van der Waals surface area contributed by atoms with E-state index >= 15 is 0 Å². The van der Waals surface area contributed by atoms with Crippen molar-refractivity contribution in [3.8, 4) is 0 Å². The van der Waals surface area contributed by atoms with Gasteiger partial charge in [-0.3, -0.25) is 4.79 Å². The third-order valence-corrected chi connectivity index (χ3v) is 3.23. The van der Waals surface area contributed by atoms with Crippen LogP contribution in [-0.2, 0) is 11.2 Å². The number of amides is 1. The van der Waals surface area contributed by atoms with Gasteiger partial charge >= 0.3 is 12.1 Å². The highest BCUT2D eigenvalue weighted by Crippen LogP contribution is 2.26. The third kappa shape index (κ3) is 3.45. The van der Waals surface area contributed by atoms with Crippen LogP contribution in [0.4, 0.5) is 17.6 Å². The predicted octanol–water partition coefficient (Wildman–Crippen LogP) is 2.78. The monoisotopic (exact) mass is 275 g/mol. The first-order valence-corrected chi connectivity index (χ1v) is 5.97. The van der Waals surface area contributed by atoms with Gasteiger partial charge in [-0.2, -0.15) is 13.2 Å². The molecule has 1 aromatic rings. The summed E-state index contributed by atoms with van der Waals surface area (Å²) in [4.78, 5) is 11.9. The van der Waals surface area contributed by atoms with E-state index in [0.717, 1.165) is 10.5 Å². The van der Waals surface area contributed by atoms with E-state index in [1.165, 1.54) is 12.1 Å². The number of halogens is 4. The van der Waals surface area contributed by atoms with Crippen molar-refractivity contribution >= 4 is 5.91 Å².